The second kappa shape index (κ2) is 8.86. The summed E-state index contributed by atoms with van der Waals surface area (Å²) in [5.41, 5.74) is 3.32. The number of ether oxygens (including phenoxy) is 1. The fourth-order valence-electron chi connectivity index (χ4n) is 4.18. The van der Waals surface area contributed by atoms with Crippen molar-refractivity contribution in [2.75, 3.05) is 0 Å². The standard InChI is InChI=1S/C25H25NO6/c1-14-11-20(22-17-9-6-10-18(17)25(30)32-21(22)12-14)31-15(2)23(27)26-19(24(28)29)13-16-7-4-3-5-8-16/h3-5,7-8,11-12,15,19H,6,9-10,13H2,1-2H3,(H,26,27)(H,28,29)/t15-,19+/m1/s1. The number of nitrogens with one attached hydrogen (secondary N) is 1. The Bertz CT molecular complexity index is 1230. The van der Waals surface area contributed by atoms with Crippen LogP contribution in [0.15, 0.2) is 51.7 Å². The number of amides is 1. The topological polar surface area (TPSA) is 106 Å². The third-order valence-corrected chi connectivity index (χ3v) is 5.75. The van der Waals surface area contributed by atoms with Crippen molar-refractivity contribution in [2.45, 2.75) is 51.7 Å². The Labute approximate surface area is 185 Å². The lowest BCUT2D eigenvalue weighted by atomic mass is 10.0. The molecular formula is C25H25NO6. The predicted octanol–water partition coefficient (Wildman–Crippen LogP) is 3.17. The number of hydrogen-bond acceptors (Lipinski definition) is 5. The molecule has 0 spiro atoms. The van der Waals surface area contributed by atoms with Crippen LogP contribution in [-0.2, 0) is 28.9 Å². The van der Waals surface area contributed by atoms with Crippen LogP contribution in [0, 0.1) is 6.92 Å². The number of hydrogen-bond donors (Lipinski definition) is 2. The van der Waals surface area contributed by atoms with E-state index < -0.39 is 24.0 Å². The van der Waals surface area contributed by atoms with Gasteiger partial charge < -0.3 is 19.6 Å². The highest BCUT2D eigenvalue weighted by Gasteiger charge is 2.27. The van der Waals surface area contributed by atoms with Gasteiger partial charge in [-0.05, 0) is 61.9 Å². The quantitative estimate of drug-likeness (QED) is 0.552. The van der Waals surface area contributed by atoms with E-state index in [1.54, 1.807) is 13.0 Å². The number of rotatable bonds is 7. The Morgan fingerprint density at radius 3 is 2.59 bits per heavy atom. The van der Waals surface area contributed by atoms with Gasteiger partial charge in [-0.1, -0.05) is 30.3 Å². The molecule has 3 aromatic rings. The largest absolute Gasteiger partial charge is 0.480 e. The van der Waals surface area contributed by atoms with Crippen LogP contribution < -0.4 is 15.7 Å². The molecule has 7 heteroatoms. The smallest absolute Gasteiger partial charge is 0.339 e. The monoisotopic (exact) mass is 435 g/mol. The molecule has 0 radical (unpaired) electrons. The third kappa shape index (κ3) is 4.37. The van der Waals surface area contributed by atoms with Crippen molar-refractivity contribution >= 4 is 22.8 Å². The van der Waals surface area contributed by atoms with Crippen LogP contribution >= 0.6 is 0 Å². The summed E-state index contributed by atoms with van der Waals surface area (Å²) in [6, 6.07) is 11.6. The van der Waals surface area contributed by atoms with Crippen LogP contribution in [0.1, 0.15) is 35.6 Å². The summed E-state index contributed by atoms with van der Waals surface area (Å²) in [6.45, 7) is 3.43. The van der Waals surface area contributed by atoms with Crippen LogP contribution in [-0.4, -0.2) is 29.1 Å². The van der Waals surface area contributed by atoms with Crippen LogP contribution in [0.4, 0.5) is 0 Å². The fraction of sp³-hybridized carbons (Fsp3) is 0.320. The Morgan fingerprint density at radius 2 is 1.88 bits per heavy atom. The average Bonchev–Trinajstić information content (AvgIpc) is 3.24. The van der Waals surface area contributed by atoms with Gasteiger partial charge in [0.25, 0.3) is 5.91 Å². The summed E-state index contributed by atoms with van der Waals surface area (Å²) in [4.78, 5) is 36.8. The lowest BCUT2D eigenvalue weighted by Crippen LogP contribution is -2.47. The van der Waals surface area contributed by atoms with Crippen molar-refractivity contribution < 1.29 is 23.8 Å². The zero-order valence-electron chi connectivity index (χ0n) is 18.0. The Hall–Kier alpha value is -3.61. The molecule has 0 saturated heterocycles. The third-order valence-electron chi connectivity index (χ3n) is 5.75. The molecule has 1 aliphatic carbocycles. The molecule has 0 aliphatic heterocycles. The maximum atomic E-state index is 12.8. The second-order valence-corrected chi connectivity index (χ2v) is 8.19. The van der Waals surface area contributed by atoms with Gasteiger partial charge in [0.05, 0.1) is 5.39 Å². The first-order valence-electron chi connectivity index (χ1n) is 10.7. The van der Waals surface area contributed by atoms with Crippen molar-refractivity contribution in [2.24, 2.45) is 0 Å². The molecule has 0 unspecified atom stereocenters. The minimum Gasteiger partial charge on any atom is -0.480 e. The summed E-state index contributed by atoms with van der Waals surface area (Å²) in [7, 11) is 0. The zero-order chi connectivity index (χ0) is 22.8. The maximum absolute atomic E-state index is 12.8. The summed E-state index contributed by atoms with van der Waals surface area (Å²) >= 11 is 0. The van der Waals surface area contributed by atoms with Crippen LogP contribution in [0.5, 0.6) is 5.75 Å². The molecule has 7 nitrogen and oxygen atoms in total. The van der Waals surface area contributed by atoms with Crippen molar-refractivity contribution in [1.82, 2.24) is 5.32 Å². The number of carboxylic acids is 1. The van der Waals surface area contributed by atoms with Gasteiger partial charge in [-0.25, -0.2) is 9.59 Å². The predicted molar refractivity (Wildman–Crippen MR) is 119 cm³/mol. The van der Waals surface area contributed by atoms with Crippen LogP contribution in [0.25, 0.3) is 11.0 Å². The van der Waals surface area contributed by atoms with Crippen molar-refractivity contribution in [3.05, 3.63) is 75.1 Å². The van der Waals surface area contributed by atoms with E-state index >= 15 is 0 Å². The molecule has 2 N–H and O–H groups in total. The van der Waals surface area contributed by atoms with E-state index in [9.17, 15) is 19.5 Å². The van der Waals surface area contributed by atoms with E-state index in [0.29, 0.717) is 28.7 Å². The summed E-state index contributed by atoms with van der Waals surface area (Å²) in [5, 5.41) is 12.8. The Balaban J connectivity index is 1.57. The van der Waals surface area contributed by atoms with Crippen molar-refractivity contribution in [3.8, 4) is 5.75 Å². The van der Waals surface area contributed by atoms with Crippen LogP contribution in [0.2, 0.25) is 0 Å². The Morgan fingerprint density at radius 1 is 1.16 bits per heavy atom. The van der Waals surface area contributed by atoms with E-state index in [1.165, 1.54) is 0 Å². The highest BCUT2D eigenvalue weighted by molar-refractivity contribution is 5.90. The molecule has 1 amide bonds. The molecule has 2 atom stereocenters. The minimum absolute atomic E-state index is 0.167. The normalized spacial score (nSPS) is 14.6. The molecule has 32 heavy (non-hydrogen) atoms. The molecule has 2 aromatic carbocycles. The first-order chi connectivity index (χ1) is 15.3. The first kappa shape index (κ1) is 21.6. The average molecular weight is 435 g/mol. The van der Waals surface area contributed by atoms with E-state index in [4.69, 9.17) is 9.15 Å². The highest BCUT2D eigenvalue weighted by Crippen LogP contribution is 2.35. The van der Waals surface area contributed by atoms with Crippen molar-refractivity contribution in [3.63, 3.8) is 0 Å². The van der Waals surface area contributed by atoms with Gasteiger partial charge in [-0.3, -0.25) is 4.79 Å². The SMILES string of the molecule is Cc1cc(O[C@H](C)C(=O)N[C@@H](Cc2ccccc2)C(=O)O)c2c3c(c(=O)oc2c1)CCC3. The number of carbonyl (C=O) groups excluding carboxylic acids is 1. The van der Waals surface area contributed by atoms with Gasteiger partial charge in [0.2, 0.25) is 0 Å². The molecule has 0 saturated carbocycles. The molecule has 0 bridgehead atoms. The molecule has 1 aliphatic rings. The number of fused-ring (bicyclic) bond motifs is 3. The minimum atomic E-state index is -1.12. The van der Waals surface area contributed by atoms with Gasteiger partial charge in [-0.15, -0.1) is 0 Å². The molecule has 166 valence electrons. The fourth-order valence-corrected chi connectivity index (χ4v) is 4.18. The zero-order valence-corrected chi connectivity index (χ0v) is 18.0. The lowest BCUT2D eigenvalue weighted by molar-refractivity contribution is -0.142. The molecule has 0 fully saturated rings. The number of benzene rings is 2. The molecule has 1 aromatic heterocycles. The van der Waals surface area contributed by atoms with Gasteiger partial charge in [-0.2, -0.15) is 0 Å². The van der Waals surface area contributed by atoms with E-state index in [2.05, 4.69) is 5.32 Å². The van der Waals surface area contributed by atoms with Gasteiger partial charge in [0.15, 0.2) is 6.10 Å². The number of aryl methyl sites for hydroxylation is 2. The number of carboxylic acid groups (broad SMARTS) is 1. The first-order valence-corrected chi connectivity index (χ1v) is 10.7. The molecule has 1 heterocycles. The van der Waals surface area contributed by atoms with Crippen molar-refractivity contribution in [1.29, 1.82) is 0 Å². The van der Waals surface area contributed by atoms with E-state index in [1.807, 2.05) is 43.3 Å². The maximum Gasteiger partial charge on any atom is 0.339 e. The molecular weight excluding hydrogens is 410 g/mol. The summed E-state index contributed by atoms with van der Waals surface area (Å²) < 4.78 is 11.5. The van der Waals surface area contributed by atoms with Gasteiger partial charge in [0, 0.05) is 12.0 Å². The van der Waals surface area contributed by atoms with Crippen LogP contribution in [0.3, 0.4) is 0 Å². The number of carbonyl (C=O) groups is 2. The Kier molecular flexibility index (Phi) is 5.99. The summed E-state index contributed by atoms with van der Waals surface area (Å²) in [6.07, 6.45) is 1.50. The lowest BCUT2D eigenvalue weighted by Gasteiger charge is -2.20. The number of aliphatic carboxylic acids is 1. The molecule has 4 rings (SSSR count). The summed E-state index contributed by atoms with van der Waals surface area (Å²) in [5.74, 6) is -1.19. The van der Waals surface area contributed by atoms with E-state index in [0.717, 1.165) is 29.5 Å². The second-order valence-electron chi connectivity index (χ2n) is 8.19. The van der Waals surface area contributed by atoms with E-state index in [-0.39, 0.29) is 12.0 Å². The van der Waals surface area contributed by atoms with Gasteiger partial charge in [0.1, 0.15) is 17.4 Å². The van der Waals surface area contributed by atoms with Gasteiger partial charge >= 0.3 is 11.6 Å². The highest BCUT2D eigenvalue weighted by atomic mass is 16.5.